The summed E-state index contributed by atoms with van der Waals surface area (Å²) in [6, 6.07) is 0. The fourth-order valence-electron chi connectivity index (χ4n) is 2.21. The van der Waals surface area contributed by atoms with Crippen LogP contribution in [0, 0.1) is 6.92 Å². The molecule has 21 heavy (non-hydrogen) atoms. The van der Waals surface area contributed by atoms with E-state index in [4.69, 9.17) is 0 Å². The molecule has 1 aromatic heterocycles. The monoisotopic (exact) mass is 293 g/mol. The number of aliphatic carboxylic acids is 1. The summed E-state index contributed by atoms with van der Waals surface area (Å²) < 4.78 is 0. The van der Waals surface area contributed by atoms with Crippen molar-refractivity contribution in [2.24, 2.45) is 0 Å². The normalized spacial score (nSPS) is 21.1. The van der Waals surface area contributed by atoms with Crippen molar-refractivity contribution in [1.82, 2.24) is 20.6 Å². The molecule has 1 saturated heterocycles. The molecule has 2 rings (SSSR count). The second kappa shape index (κ2) is 5.65. The maximum atomic E-state index is 12.3. The summed E-state index contributed by atoms with van der Waals surface area (Å²) in [6.07, 6.45) is 1.77. The minimum Gasteiger partial charge on any atom is -0.479 e. The second-order valence-electron chi connectivity index (χ2n) is 5.33. The molecule has 0 spiro atoms. The summed E-state index contributed by atoms with van der Waals surface area (Å²) in [5, 5.41) is 14.9. The van der Waals surface area contributed by atoms with Gasteiger partial charge in [0.2, 0.25) is 5.95 Å². The molecule has 2 heterocycles. The number of aromatic nitrogens is 2. The molecule has 0 radical (unpaired) electrons. The van der Waals surface area contributed by atoms with Crippen molar-refractivity contribution in [1.29, 1.82) is 0 Å². The van der Waals surface area contributed by atoms with Crippen molar-refractivity contribution < 1.29 is 14.7 Å². The Hall–Kier alpha value is -2.22. The first kappa shape index (κ1) is 15.2. The Bertz CT molecular complexity index is 567. The van der Waals surface area contributed by atoms with Gasteiger partial charge in [-0.05, 0) is 19.9 Å². The minimum absolute atomic E-state index is 0.212. The van der Waals surface area contributed by atoms with Gasteiger partial charge < -0.3 is 20.6 Å². The molecule has 0 aromatic carbocycles. The van der Waals surface area contributed by atoms with E-state index in [0.717, 1.165) is 0 Å². The zero-order chi connectivity index (χ0) is 15.6. The number of carboxylic acids is 1. The molecule has 0 bridgehead atoms. The topological polar surface area (TPSA) is 107 Å². The van der Waals surface area contributed by atoms with E-state index >= 15 is 0 Å². The van der Waals surface area contributed by atoms with E-state index in [-0.39, 0.29) is 12.1 Å². The predicted molar refractivity (Wildman–Crippen MR) is 76.4 cm³/mol. The molecule has 0 aliphatic carbocycles. The SMILES string of the molecule is Cc1nc(N(C)C)ncc1C(=O)NC1(C(=O)O)CCNC1. The fraction of sp³-hybridized carbons (Fsp3) is 0.538. The lowest BCUT2D eigenvalue weighted by Gasteiger charge is -2.24. The number of carbonyl (C=O) groups excluding carboxylic acids is 1. The Morgan fingerprint density at radius 3 is 2.67 bits per heavy atom. The van der Waals surface area contributed by atoms with Gasteiger partial charge in [0, 0.05) is 26.8 Å². The number of anilines is 1. The number of hydrogen-bond acceptors (Lipinski definition) is 6. The number of hydrogen-bond donors (Lipinski definition) is 3. The molecule has 1 aliphatic heterocycles. The molecule has 1 unspecified atom stereocenters. The van der Waals surface area contributed by atoms with Crippen molar-refractivity contribution in [2.75, 3.05) is 32.1 Å². The largest absolute Gasteiger partial charge is 0.479 e. The lowest BCUT2D eigenvalue weighted by Crippen LogP contribution is -2.56. The highest BCUT2D eigenvalue weighted by atomic mass is 16.4. The number of amides is 1. The highest BCUT2D eigenvalue weighted by Crippen LogP contribution is 2.17. The van der Waals surface area contributed by atoms with Crippen LogP contribution >= 0.6 is 0 Å². The van der Waals surface area contributed by atoms with Crippen molar-refractivity contribution >= 4 is 17.8 Å². The van der Waals surface area contributed by atoms with Crippen LogP contribution in [0.25, 0.3) is 0 Å². The van der Waals surface area contributed by atoms with Gasteiger partial charge in [-0.2, -0.15) is 0 Å². The summed E-state index contributed by atoms with van der Waals surface area (Å²) in [6.45, 7) is 2.47. The molecule has 8 heteroatoms. The summed E-state index contributed by atoms with van der Waals surface area (Å²) in [7, 11) is 3.61. The molecule has 1 amide bonds. The Labute approximate surface area is 122 Å². The lowest BCUT2D eigenvalue weighted by molar-refractivity contribution is -0.143. The van der Waals surface area contributed by atoms with Crippen LogP contribution in [-0.2, 0) is 4.79 Å². The highest BCUT2D eigenvalue weighted by Gasteiger charge is 2.43. The number of carboxylic acid groups (broad SMARTS) is 1. The van der Waals surface area contributed by atoms with Gasteiger partial charge in [0.05, 0.1) is 11.3 Å². The van der Waals surface area contributed by atoms with Gasteiger partial charge in [-0.25, -0.2) is 14.8 Å². The third-order valence-electron chi connectivity index (χ3n) is 3.53. The van der Waals surface area contributed by atoms with Crippen molar-refractivity contribution in [3.63, 3.8) is 0 Å². The highest BCUT2D eigenvalue weighted by molar-refractivity contribution is 5.98. The van der Waals surface area contributed by atoms with E-state index in [1.165, 1.54) is 6.20 Å². The quantitative estimate of drug-likeness (QED) is 0.680. The van der Waals surface area contributed by atoms with Crippen molar-refractivity contribution in [3.8, 4) is 0 Å². The molecule has 8 nitrogen and oxygen atoms in total. The third-order valence-corrected chi connectivity index (χ3v) is 3.53. The van der Waals surface area contributed by atoms with Crippen LogP contribution in [0.2, 0.25) is 0 Å². The molecule has 1 aromatic rings. The van der Waals surface area contributed by atoms with Gasteiger partial charge in [0.15, 0.2) is 5.54 Å². The number of carbonyl (C=O) groups is 2. The van der Waals surface area contributed by atoms with E-state index < -0.39 is 17.4 Å². The summed E-state index contributed by atoms with van der Waals surface area (Å²) >= 11 is 0. The lowest BCUT2D eigenvalue weighted by atomic mass is 9.98. The smallest absolute Gasteiger partial charge is 0.330 e. The molecule has 1 aliphatic rings. The average molecular weight is 293 g/mol. The molecule has 1 atom stereocenters. The fourth-order valence-corrected chi connectivity index (χ4v) is 2.21. The number of nitrogens with zero attached hydrogens (tertiary/aromatic N) is 3. The van der Waals surface area contributed by atoms with E-state index in [2.05, 4.69) is 20.6 Å². The Kier molecular flexibility index (Phi) is 4.08. The average Bonchev–Trinajstić information content (AvgIpc) is 2.88. The van der Waals surface area contributed by atoms with Crippen LogP contribution in [0.1, 0.15) is 22.5 Å². The van der Waals surface area contributed by atoms with Gasteiger partial charge in [-0.3, -0.25) is 4.79 Å². The standard InChI is InChI=1S/C13H19N5O3/c1-8-9(6-15-12(16-8)18(2)3)10(19)17-13(11(20)21)4-5-14-7-13/h6,14H,4-5,7H2,1-3H3,(H,17,19)(H,20,21). The maximum Gasteiger partial charge on any atom is 0.330 e. The van der Waals surface area contributed by atoms with Crippen molar-refractivity contribution in [3.05, 3.63) is 17.5 Å². The second-order valence-corrected chi connectivity index (χ2v) is 5.33. The van der Waals surface area contributed by atoms with Crippen LogP contribution in [0.3, 0.4) is 0 Å². The van der Waals surface area contributed by atoms with Crippen LogP contribution in [0.4, 0.5) is 5.95 Å². The Balaban J connectivity index is 2.22. The van der Waals surface area contributed by atoms with Gasteiger partial charge in [-0.15, -0.1) is 0 Å². The zero-order valence-corrected chi connectivity index (χ0v) is 12.3. The number of rotatable bonds is 4. The molecule has 1 fully saturated rings. The van der Waals surface area contributed by atoms with Gasteiger partial charge >= 0.3 is 5.97 Å². The van der Waals surface area contributed by atoms with Crippen LogP contribution < -0.4 is 15.5 Å². The zero-order valence-electron chi connectivity index (χ0n) is 12.3. The molecule has 0 saturated carbocycles. The predicted octanol–water partition coefficient (Wildman–Crippen LogP) is -0.602. The third kappa shape index (κ3) is 2.94. The van der Waals surface area contributed by atoms with Crippen LogP contribution in [0.15, 0.2) is 6.20 Å². The first-order chi connectivity index (χ1) is 9.85. The minimum atomic E-state index is -1.26. The molecule has 114 valence electrons. The molecular formula is C13H19N5O3. The molecule has 3 N–H and O–H groups in total. The number of aryl methyl sites for hydroxylation is 1. The maximum absolute atomic E-state index is 12.3. The summed E-state index contributed by atoms with van der Waals surface area (Å²) in [4.78, 5) is 33.8. The van der Waals surface area contributed by atoms with Gasteiger partial charge in [-0.1, -0.05) is 0 Å². The van der Waals surface area contributed by atoms with E-state index in [1.54, 1.807) is 25.9 Å². The summed E-state index contributed by atoms with van der Waals surface area (Å²) in [5.41, 5.74) is -0.463. The van der Waals surface area contributed by atoms with Crippen molar-refractivity contribution in [2.45, 2.75) is 18.9 Å². The van der Waals surface area contributed by atoms with E-state index in [9.17, 15) is 14.7 Å². The van der Waals surface area contributed by atoms with E-state index in [0.29, 0.717) is 24.6 Å². The van der Waals surface area contributed by atoms with E-state index in [1.807, 2.05) is 0 Å². The van der Waals surface area contributed by atoms with Gasteiger partial charge in [0.1, 0.15) is 0 Å². The van der Waals surface area contributed by atoms with Crippen LogP contribution in [0.5, 0.6) is 0 Å². The summed E-state index contributed by atoms with van der Waals surface area (Å²) in [5.74, 6) is -1.01. The first-order valence-corrected chi connectivity index (χ1v) is 6.63. The van der Waals surface area contributed by atoms with Crippen LogP contribution in [-0.4, -0.2) is 59.7 Å². The Morgan fingerprint density at radius 1 is 1.48 bits per heavy atom. The Morgan fingerprint density at radius 2 is 2.19 bits per heavy atom. The molecular weight excluding hydrogens is 274 g/mol. The van der Waals surface area contributed by atoms with Gasteiger partial charge in [0.25, 0.3) is 5.91 Å². The first-order valence-electron chi connectivity index (χ1n) is 6.63. The number of nitrogens with one attached hydrogen (secondary N) is 2.